The third-order valence-electron chi connectivity index (χ3n) is 2.32. The van der Waals surface area contributed by atoms with Gasteiger partial charge >= 0.3 is 0 Å². The number of nitrogens with zero attached hydrogens (tertiary/aromatic N) is 1. The molecule has 0 radical (unpaired) electrons. The van der Waals surface area contributed by atoms with Gasteiger partial charge in [-0.3, -0.25) is 9.69 Å². The van der Waals surface area contributed by atoms with E-state index >= 15 is 0 Å². The van der Waals surface area contributed by atoms with Crippen molar-refractivity contribution in [3.05, 3.63) is 0 Å². The van der Waals surface area contributed by atoms with Gasteiger partial charge in [-0.1, -0.05) is 6.92 Å². The van der Waals surface area contributed by atoms with E-state index in [1.54, 1.807) is 0 Å². The second-order valence-corrected chi connectivity index (χ2v) is 3.71. The van der Waals surface area contributed by atoms with Crippen LogP contribution in [-0.2, 0) is 9.53 Å². The van der Waals surface area contributed by atoms with Crippen molar-refractivity contribution in [1.82, 2.24) is 10.2 Å². The van der Waals surface area contributed by atoms with Crippen molar-refractivity contribution in [2.45, 2.75) is 13.0 Å². The molecule has 0 spiro atoms. The molecule has 0 aromatic carbocycles. The Morgan fingerprint density at radius 3 is 3.20 bits per heavy atom. The zero-order valence-electron chi connectivity index (χ0n) is 8.75. The van der Waals surface area contributed by atoms with E-state index in [0.717, 1.165) is 26.2 Å². The number of carbonyl (C=O) groups excluding carboxylic acids is 1. The van der Waals surface area contributed by atoms with Crippen molar-refractivity contribution in [2.24, 2.45) is 0 Å². The van der Waals surface area contributed by atoms with E-state index in [4.69, 9.17) is 4.74 Å². The largest absolute Gasteiger partial charge is 0.374 e. The van der Waals surface area contributed by atoms with E-state index in [1.807, 2.05) is 0 Å². The van der Waals surface area contributed by atoms with Gasteiger partial charge in [0.1, 0.15) is 0 Å². The highest BCUT2D eigenvalue weighted by atomic mass is 79.9. The molecular formula is C10H15BrN2O2. The number of morpholine rings is 1. The summed E-state index contributed by atoms with van der Waals surface area (Å²) in [7, 11) is 0. The van der Waals surface area contributed by atoms with Gasteiger partial charge in [-0.15, -0.1) is 0 Å². The van der Waals surface area contributed by atoms with Gasteiger partial charge in [0, 0.05) is 41.5 Å². The molecule has 1 heterocycles. The summed E-state index contributed by atoms with van der Waals surface area (Å²) in [5, 5.41) is 2.70. The summed E-state index contributed by atoms with van der Waals surface area (Å²) < 4.78 is 5.52. The van der Waals surface area contributed by atoms with Crippen molar-refractivity contribution in [3.8, 4) is 10.8 Å². The number of amides is 1. The summed E-state index contributed by atoms with van der Waals surface area (Å²) in [4.78, 5) is 15.7. The number of carbonyl (C=O) groups is 1. The molecule has 4 nitrogen and oxygen atoms in total. The van der Waals surface area contributed by atoms with Crippen LogP contribution >= 0.6 is 15.9 Å². The maximum atomic E-state index is 11.1. The minimum atomic E-state index is -0.274. The van der Waals surface area contributed by atoms with Gasteiger partial charge in [0.2, 0.25) is 0 Å². The Bertz CT molecular complexity index is 272. The summed E-state index contributed by atoms with van der Waals surface area (Å²) in [6.07, 6.45) is 0.0831. The number of ether oxygens (including phenoxy) is 1. The van der Waals surface area contributed by atoms with E-state index in [9.17, 15) is 4.79 Å². The molecular weight excluding hydrogens is 260 g/mol. The molecule has 1 aliphatic rings. The molecule has 1 N–H and O–H groups in total. The SMILES string of the molecule is CCN1CCOC(CNC(=O)C#CBr)C1. The van der Waals surface area contributed by atoms with Crippen LogP contribution in [0.3, 0.4) is 0 Å². The molecule has 84 valence electrons. The molecule has 0 aromatic heterocycles. The molecule has 1 amide bonds. The molecule has 5 heteroatoms. The van der Waals surface area contributed by atoms with Crippen molar-refractivity contribution in [3.63, 3.8) is 0 Å². The van der Waals surface area contributed by atoms with Crippen LogP contribution in [0.1, 0.15) is 6.92 Å². The molecule has 1 saturated heterocycles. The third-order valence-corrected chi connectivity index (χ3v) is 2.52. The molecule has 1 unspecified atom stereocenters. The molecule has 15 heavy (non-hydrogen) atoms. The molecule has 0 bridgehead atoms. The average Bonchev–Trinajstić information content (AvgIpc) is 2.27. The highest BCUT2D eigenvalue weighted by molar-refractivity contribution is 9.12. The normalized spacial score (nSPS) is 21.6. The van der Waals surface area contributed by atoms with E-state index < -0.39 is 0 Å². The molecule has 0 saturated carbocycles. The molecule has 1 fully saturated rings. The van der Waals surface area contributed by atoms with Crippen LogP contribution < -0.4 is 5.32 Å². The van der Waals surface area contributed by atoms with E-state index in [2.05, 4.69) is 43.8 Å². The van der Waals surface area contributed by atoms with Gasteiger partial charge in [0.25, 0.3) is 5.91 Å². The van der Waals surface area contributed by atoms with Crippen molar-refractivity contribution in [1.29, 1.82) is 0 Å². The molecule has 0 aliphatic carbocycles. The van der Waals surface area contributed by atoms with E-state index in [1.165, 1.54) is 0 Å². The zero-order valence-corrected chi connectivity index (χ0v) is 10.3. The Hall–Kier alpha value is -0.570. The van der Waals surface area contributed by atoms with Crippen LogP contribution in [0, 0.1) is 10.8 Å². The van der Waals surface area contributed by atoms with Crippen molar-refractivity contribution >= 4 is 21.8 Å². The topological polar surface area (TPSA) is 41.6 Å². The number of nitrogens with one attached hydrogen (secondary N) is 1. The zero-order chi connectivity index (χ0) is 11.1. The minimum Gasteiger partial charge on any atom is -0.374 e. The van der Waals surface area contributed by atoms with E-state index in [0.29, 0.717) is 6.54 Å². The molecule has 1 atom stereocenters. The summed E-state index contributed by atoms with van der Waals surface area (Å²) in [6, 6.07) is 0. The fourth-order valence-corrected chi connectivity index (χ4v) is 1.66. The molecule has 0 aromatic rings. The number of hydrogen-bond acceptors (Lipinski definition) is 3. The summed E-state index contributed by atoms with van der Waals surface area (Å²) in [5.41, 5.74) is 0. The Labute approximate surface area is 98.5 Å². The first-order valence-electron chi connectivity index (χ1n) is 4.99. The lowest BCUT2D eigenvalue weighted by Gasteiger charge is -2.31. The van der Waals surface area contributed by atoms with Crippen LogP contribution in [0.15, 0.2) is 0 Å². The van der Waals surface area contributed by atoms with Crippen LogP contribution in [0.4, 0.5) is 0 Å². The van der Waals surface area contributed by atoms with Crippen LogP contribution in [0.2, 0.25) is 0 Å². The predicted octanol–water partition coefficient (Wildman–Crippen LogP) is 0.179. The fraction of sp³-hybridized carbons (Fsp3) is 0.700. The second kappa shape index (κ2) is 6.83. The van der Waals surface area contributed by atoms with Gasteiger partial charge in [0.05, 0.1) is 12.7 Å². The number of halogens is 1. The highest BCUT2D eigenvalue weighted by Crippen LogP contribution is 2.03. The second-order valence-electron chi connectivity index (χ2n) is 3.32. The first kappa shape index (κ1) is 12.5. The lowest BCUT2D eigenvalue weighted by molar-refractivity contribution is -0.116. The smallest absolute Gasteiger partial charge is 0.296 e. The van der Waals surface area contributed by atoms with Gasteiger partial charge < -0.3 is 10.1 Å². The number of likely N-dealkylation sites (N-methyl/N-ethyl adjacent to an activating group) is 1. The number of rotatable bonds is 3. The van der Waals surface area contributed by atoms with Gasteiger partial charge in [-0.25, -0.2) is 0 Å². The lowest BCUT2D eigenvalue weighted by atomic mass is 10.2. The monoisotopic (exact) mass is 274 g/mol. The minimum absolute atomic E-state index is 0.0831. The maximum absolute atomic E-state index is 11.1. The first-order chi connectivity index (χ1) is 7.26. The predicted molar refractivity (Wildman–Crippen MR) is 61.6 cm³/mol. The highest BCUT2D eigenvalue weighted by Gasteiger charge is 2.19. The van der Waals surface area contributed by atoms with Crippen LogP contribution in [-0.4, -0.2) is 49.7 Å². The molecule has 1 rings (SSSR count). The van der Waals surface area contributed by atoms with Crippen molar-refractivity contribution in [2.75, 3.05) is 32.8 Å². The summed E-state index contributed by atoms with van der Waals surface area (Å²) in [6.45, 7) is 6.25. The van der Waals surface area contributed by atoms with Gasteiger partial charge in [0.15, 0.2) is 0 Å². The first-order valence-corrected chi connectivity index (χ1v) is 5.79. The van der Waals surface area contributed by atoms with Gasteiger partial charge in [-0.05, 0) is 11.4 Å². The fourth-order valence-electron chi connectivity index (χ4n) is 1.48. The summed E-state index contributed by atoms with van der Waals surface area (Å²) in [5.74, 6) is 2.08. The van der Waals surface area contributed by atoms with Crippen LogP contribution in [0.5, 0.6) is 0 Å². The Morgan fingerprint density at radius 2 is 2.53 bits per heavy atom. The molecule has 1 aliphatic heterocycles. The Kier molecular flexibility index (Phi) is 5.69. The summed E-state index contributed by atoms with van der Waals surface area (Å²) >= 11 is 2.88. The maximum Gasteiger partial charge on any atom is 0.296 e. The van der Waals surface area contributed by atoms with Gasteiger partial charge in [-0.2, -0.15) is 0 Å². The standard InChI is InChI=1S/C10H15BrN2O2/c1-2-13-5-6-15-9(8-13)7-12-10(14)3-4-11/h9H,2,5-8H2,1H3,(H,12,14). The van der Waals surface area contributed by atoms with Crippen LogP contribution in [0.25, 0.3) is 0 Å². The Morgan fingerprint density at radius 1 is 1.73 bits per heavy atom. The quantitative estimate of drug-likeness (QED) is 0.747. The Balaban J connectivity index is 2.25. The lowest BCUT2D eigenvalue weighted by Crippen LogP contribution is -2.47. The number of hydrogen-bond donors (Lipinski definition) is 1. The average molecular weight is 275 g/mol. The third kappa shape index (κ3) is 4.65. The van der Waals surface area contributed by atoms with E-state index in [-0.39, 0.29) is 12.0 Å². The van der Waals surface area contributed by atoms with Crippen molar-refractivity contribution < 1.29 is 9.53 Å².